The lowest BCUT2D eigenvalue weighted by Crippen LogP contribution is -2.16. The number of aromatic nitrogens is 3. The van der Waals surface area contributed by atoms with Gasteiger partial charge < -0.3 is 0 Å². The Balaban J connectivity index is 1.64. The summed E-state index contributed by atoms with van der Waals surface area (Å²) in [5.41, 5.74) is 6.81. The van der Waals surface area contributed by atoms with Gasteiger partial charge in [-0.3, -0.25) is 9.58 Å². The van der Waals surface area contributed by atoms with Crippen LogP contribution in [0.25, 0.3) is 10.4 Å². The second-order valence-electron chi connectivity index (χ2n) is 5.66. The van der Waals surface area contributed by atoms with Crippen LogP contribution in [-0.4, -0.2) is 26.7 Å². The Hall–Kier alpha value is -1.98. The first kappa shape index (κ1) is 14.9. The first-order chi connectivity index (χ1) is 10.6. The maximum Gasteiger partial charge on any atom is 0.0801 e. The van der Waals surface area contributed by atoms with Gasteiger partial charge in [-0.05, 0) is 25.1 Å². The Kier molecular flexibility index (Phi) is 4.36. The summed E-state index contributed by atoms with van der Waals surface area (Å²) in [6, 6.07) is 8.78. The largest absolute Gasteiger partial charge is 0.298 e. The van der Waals surface area contributed by atoms with E-state index in [0.717, 1.165) is 18.8 Å². The molecule has 4 nitrogen and oxygen atoms in total. The fourth-order valence-corrected chi connectivity index (χ4v) is 3.38. The molecule has 5 heteroatoms. The lowest BCUT2D eigenvalue weighted by atomic mass is 10.1. The van der Waals surface area contributed by atoms with Crippen LogP contribution in [-0.2, 0) is 20.1 Å². The summed E-state index contributed by atoms with van der Waals surface area (Å²) in [6.45, 7) is 3.89. The standard InChI is InChI=1S/C17H20N4S/c1-13-17(22-12-18-13)16-6-4-14(5-7-16)9-20(2)10-15-8-19-21(3)11-15/h4-8,11-12H,9-10H2,1-3H3. The zero-order chi connectivity index (χ0) is 15.5. The van der Waals surface area contributed by atoms with Crippen molar-refractivity contribution in [3.8, 4) is 10.4 Å². The molecule has 0 aliphatic heterocycles. The van der Waals surface area contributed by atoms with E-state index in [1.807, 2.05) is 23.4 Å². The number of hydrogen-bond acceptors (Lipinski definition) is 4. The normalized spacial score (nSPS) is 11.3. The Bertz CT molecular complexity index is 742. The summed E-state index contributed by atoms with van der Waals surface area (Å²) in [5, 5.41) is 4.21. The fourth-order valence-electron chi connectivity index (χ4n) is 2.57. The van der Waals surface area contributed by atoms with E-state index in [1.165, 1.54) is 21.6 Å². The lowest BCUT2D eigenvalue weighted by Gasteiger charge is -2.15. The third-order valence-corrected chi connectivity index (χ3v) is 4.60. The average molecular weight is 312 g/mol. The molecule has 0 spiro atoms. The summed E-state index contributed by atoms with van der Waals surface area (Å²) >= 11 is 1.70. The van der Waals surface area contributed by atoms with Gasteiger partial charge in [0.05, 0.1) is 22.3 Å². The number of hydrogen-bond donors (Lipinski definition) is 0. The summed E-state index contributed by atoms with van der Waals surface area (Å²) < 4.78 is 1.84. The Labute approximate surface area is 135 Å². The van der Waals surface area contributed by atoms with E-state index in [2.05, 4.69) is 59.4 Å². The van der Waals surface area contributed by atoms with Gasteiger partial charge >= 0.3 is 0 Å². The topological polar surface area (TPSA) is 34.0 Å². The molecular formula is C17H20N4S. The summed E-state index contributed by atoms with van der Waals surface area (Å²) in [5.74, 6) is 0. The Morgan fingerprint density at radius 1 is 1.14 bits per heavy atom. The average Bonchev–Trinajstić information content (AvgIpc) is 3.08. The predicted octanol–water partition coefficient (Wildman–Crippen LogP) is 3.48. The molecule has 3 aromatic rings. The van der Waals surface area contributed by atoms with Crippen LogP contribution in [0.4, 0.5) is 0 Å². The zero-order valence-corrected chi connectivity index (χ0v) is 14.0. The first-order valence-corrected chi connectivity index (χ1v) is 8.15. The number of thiazole rings is 1. The minimum atomic E-state index is 0.906. The van der Waals surface area contributed by atoms with E-state index < -0.39 is 0 Å². The van der Waals surface area contributed by atoms with E-state index in [4.69, 9.17) is 0 Å². The van der Waals surface area contributed by atoms with Crippen molar-refractivity contribution in [3.63, 3.8) is 0 Å². The van der Waals surface area contributed by atoms with Gasteiger partial charge in [-0.15, -0.1) is 11.3 Å². The Morgan fingerprint density at radius 2 is 1.86 bits per heavy atom. The highest BCUT2D eigenvalue weighted by Crippen LogP contribution is 2.27. The highest BCUT2D eigenvalue weighted by Gasteiger charge is 2.06. The van der Waals surface area contributed by atoms with Crippen LogP contribution in [0.15, 0.2) is 42.2 Å². The van der Waals surface area contributed by atoms with Crippen LogP contribution in [0.2, 0.25) is 0 Å². The van der Waals surface area contributed by atoms with Crippen molar-refractivity contribution in [1.29, 1.82) is 0 Å². The van der Waals surface area contributed by atoms with Gasteiger partial charge in [0, 0.05) is 31.9 Å². The van der Waals surface area contributed by atoms with E-state index in [9.17, 15) is 0 Å². The van der Waals surface area contributed by atoms with Crippen molar-refractivity contribution in [3.05, 3.63) is 59.0 Å². The molecule has 2 aromatic heterocycles. The maximum atomic E-state index is 4.32. The molecule has 0 aliphatic carbocycles. The SMILES string of the molecule is Cc1ncsc1-c1ccc(CN(C)Cc2cnn(C)c2)cc1. The second-order valence-corrected chi connectivity index (χ2v) is 6.51. The minimum absolute atomic E-state index is 0.906. The number of aryl methyl sites for hydroxylation is 2. The predicted molar refractivity (Wildman–Crippen MR) is 90.7 cm³/mol. The summed E-state index contributed by atoms with van der Waals surface area (Å²) in [4.78, 5) is 7.87. The number of nitrogens with zero attached hydrogens (tertiary/aromatic N) is 4. The van der Waals surface area contributed by atoms with Gasteiger partial charge in [-0.25, -0.2) is 4.98 Å². The molecule has 0 bridgehead atoms. The molecule has 0 unspecified atom stereocenters. The monoisotopic (exact) mass is 312 g/mol. The molecule has 114 valence electrons. The number of benzene rings is 1. The fraction of sp³-hybridized carbons (Fsp3) is 0.294. The van der Waals surface area contributed by atoms with Gasteiger partial charge in [-0.2, -0.15) is 5.10 Å². The molecule has 0 fully saturated rings. The molecule has 0 atom stereocenters. The molecular weight excluding hydrogens is 292 g/mol. The third-order valence-electron chi connectivity index (χ3n) is 3.62. The van der Waals surface area contributed by atoms with Crippen molar-refractivity contribution in [2.75, 3.05) is 7.05 Å². The third kappa shape index (κ3) is 3.43. The second kappa shape index (κ2) is 6.42. The molecule has 0 radical (unpaired) electrons. The van der Waals surface area contributed by atoms with Gasteiger partial charge in [-0.1, -0.05) is 24.3 Å². The van der Waals surface area contributed by atoms with Gasteiger partial charge in [0.2, 0.25) is 0 Å². The van der Waals surface area contributed by atoms with Crippen molar-refractivity contribution in [1.82, 2.24) is 19.7 Å². The lowest BCUT2D eigenvalue weighted by molar-refractivity contribution is 0.319. The first-order valence-electron chi connectivity index (χ1n) is 7.27. The quantitative estimate of drug-likeness (QED) is 0.723. The minimum Gasteiger partial charge on any atom is -0.298 e. The highest BCUT2D eigenvalue weighted by molar-refractivity contribution is 7.13. The van der Waals surface area contributed by atoms with Crippen LogP contribution in [0.5, 0.6) is 0 Å². The summed E-state index contributed by atoms with van der Waals surface area (Å²) in [7, 11) is 4.08. The van der Waals surface area contributed by atoms with Gasteiger partial charge in [0.1, 0.15) is 0 Å². The van der Waals surface area contributed by atoms with E-state index in [0.29, 0.717) is 0 Å². The summed E-state index contributed by atoms with van der Waals surface area (Å²) in [6.07, 6.45) is 3.98. The molecule has 2 heterocycles. The van der Waals surface area contributed by atoms with Crippen molar-refractivity contribution in [2.24, 2.45) is 7.05 Å². The van der Waals surface area contributed by atoms with E-state index in [1.54, 1.807) is 11.3 Å². The van der Waals surface area contributed by atoms with Crippen LogP contribution in [0.1, 0.15) is 16.8 Å². The van der Waals surface area contributed by atoms with Crippen LogP contribution in [0.3, 0.4) is 0 Å². The number of rotatable bonds is 5. The molecule has 0 amide bonds. The molecule has 0 N–H and O–H groups in total. The van der Waals surface area contributed by atoms with E-state index >= 15 is 0 Å². The maximum absolute atomic E-state index is 4.32. The van der Waals surface area contributed by atoms with Crippen LogP contribution < -0.4 is 0 Å². The van der Waals surface area contributed by atoms with Crippen molar-refractivity contribution < 1.29 is 0 Å². The van der Waals surface area contributed by atoms with Crippen LogP contribution >= 0.6 is 11.3 Å². The van der Waals surface area contributed by atoms with E-state index in [-0.39, 0.29) is 0 Å². The molecule has 0 saturated heterocycles. The molecule has 22 heavy (non-hydrogen) atoms. The zero-order valence-electron chi connectivity index (χ0n) is 13.2. The van der Waals surface area contributed by atoms with Crippen molar-refractivity contribution >= 4 is 11.3 Å². The smallest absolute Gasteiger partial charge is 0.0801 e. The van der Waals surface area contributed by atoms with Gasteiger partial charge in [0.15, 0.2) is 0 Å². The van der Waals surface area contributed by atoms with Crippen LogP contribution in [0, 0.1) is 6.92 Å². The molecule has 0 saturated carbocycles. The Morgan fingerprint density at radius 3 is 2.45 bits per heavy atom. The van der Waals surface area contributed by atoms with Crippen molar-refractivity contribution in [2.45, 2.75) is 20.0 Å². The molecule has 1 aromatic carbocycles. The van der Waals surface area contributed by atoms with Gasteiger partial charge in [0.25, 0.3) is 0 Å². The molecule has 3 rings (SSSR count). The molecule has 0 aliphatic rings. The highest BCUT2D eigenvalue weighted by atomic mass is 32.1.